The van der Waals surface area contributed by atoms with Gasteiger partial charge in [-0.05, 0) is 20.8 Å². The van der Waals surface area contributed by atoms with E-state index in [0.717, 1.165) is 22.6 Å². The second-order valence-corrected chi connectivity index (χ2v) is 3.43. The Balaban J connectivity index is 2.53. The van der Waals surface area contributed by atoms with E-state index in [9.17, 15) is 0 Å². The molecule has 0 unspecified atom stereocenters. The topological polar surface area (TPSA) is 78.1 Å². The molecule has 0 bridgehead atoms. The quantitative estimate of drug-likeness (QED) is 0.811. The van der Waals surface area contributed by atoms with E-state index >= 15 is 0 Å². The minimum absolute atomic E-state index is 0.276. The summed E-state index contributed by atoms with van der Waals surface area (Å²) in [6.45, 7) is 6.03. The van der Waals surface area contributed by atoms with Crippen LogP contribution in [0.2, 0.25) is 0 Å². The van der Waals surface area contributed by atoms with Crippen LogP contribution in [-0.2, 0) is 6.54 Å². The first-order chi connectivity index (χ1) is 7.13. The summed E-state index contributed by atoms with van der Waals surface area (Å²) in [5.41, 5.74) is 7.32. The second-order valence-electron chi connectivity index (χ2n) is 3.43. The molecule has 2 aromatic rings. The predicted octanol–water partition coefficient (Wildman–Crippen LogP) is 1.71. The molecule has 5 heteroatoms. The van der Waals surface area contributed by atoms with Crippen molar-refractivity contribution in [1.29, 1.82) is 0 Å². The van der Waals surface area contributed by atoms with Crippen molar-refractivity contribution in [3.8, 4) is 11.5 Å². The number of hydrogen-bond acceptors (Lipinski definition) is 5. The van der Waals surface area contributed by atoms with Crippen molar-refractivity contribution >= 4 is 0 Å². The number of nitrogens with two attached hydrogens (primary N) is 1. The summed E-state index contributed by atoms with van der Waals surface area (Å²) in [6, 6.07) is 0. The van der Waals surface area contributed by atoms with Gasteiger partial charge < -0.3 is 14.7 Å². The molecule has 0 aliphatic heterocycles. The van der Waals surface area contributed by atoms with Crippen molar-refractivity contribution in [3.05, 3.63) is 22.9 Å². The van der Waals surface area contributed by atoms with Gasteiger partial charge in [0.2, 0.25) is 0 Å². The molecule has 2 heterocycles. The molecule has 0 saturated heterocycles. The van der Waals surface area contributed by atoms with Gasteiger partial charge in [0.15, 0.2) is 5.82 Å². The molecule has 0 saturated carbocycles. The third-order valence-electron chi connectivity index (χ3n) is 2.43. The van der Waals surface area contributed by atoms with Crippen LogP contribution in [0.5, 0.6) is 0 Å². The summed E-state index contributed by atoms with van der Waals surface area (Å²) in [6.07, 6.45) is 0. The van der Waals surface area contributed by atoms with Crippen molar-refractivity contribution in [1.82, 2.24) is 10.1 Å². The molecule has 2 rings (SSSR count). The first kappa shape index (κ1) is 9.92. The Morgan fingerprint density at radius 1 is 1.20 bits per heavy atom. The Bertz CT molecular complexity index is 485. The zero-order valence-electron chi connectivity index (χ0n) is 9.00. The smallest absolute Gasteiger partial charge is 0.261 e. The maximum atomic E-state index is 5.48. The molecule has 0 aliphatic rings. The largest absolute Gasteiger partial charge is 0.466 e. The zero-order valence-corrected chi connectivity index (χ0v) is 9.00. The molecule has 2 N–H and O–H groups in total. The van der Waals surface area contributed by atoms with Crippen LogP contribution in [0, 0.1) is 20.8 Å². The predicted molar refractivity (Wildman–Crippen MR) is 54.1 cm³/mol. The van der Waals surface area contributed by atoms with Crippen LogP contribution < -0.4 is 5.73 Å². The van der Waals surface area contributed by atoms with Crippen molar-refractivity contribution in [3.63, 3.8) is 0 Å². The standard InChI is InChI=1S/C10H13N3O2/c1-5-6(2)14-7(3)9(5)10-12-8(4-11)13-15-10/h4,11H2,1-3H3. The number of aromatic nitrogens is 2. The second kappa shape index (κ2) is 3.51. The third-order valence-corrected chi connectivity index (χ3v) is 2.43. The lowest BCUT2D eigenvalue weighted by molar-refractivity contribution is 0.421. The van der Waals surface area contributed by atoms with E-state index in [1.54, 1.807) is 0 Å². The van der Waals surface area contributed by atoms with E-state index < -0.39 is 0 Å². The summed E-state index contributed by atoms with van der Waals surface area (Å²) >= 11 is 0. The van der Waals surface area contributed by atoms with Gasteiger partial charge in [-0.3, -0.25) is 0 Å². The fourth-order valence-corrected chi connectivity index (χ4v) is 1.55. The Labute approximate surface area is 87.3 Å². The normalized spacial score (nSPS) is 10.9. The molecule has 0 aromatic carbocycles. The summed E-state index contributed by atoms with van der Waals surface area (Å²) < 4.78 is 10.6. The Hall–Kier alpha value is -1.62. The number of furan rings is 1. The Kier molecular flexibility index (Phi) is 2.32. The third kappa shape index (κ3) is 1.55. The molecule has 15 heavy (non-hydrogen) atoms. The van der Waals surface area contributed by atoms with Gasteiger partial charge in [0.1, 0.15) is 11.5 Å². The van der Waals surface area contributed by atoms with Crippen LogP contribution in [0.4, 0.5) is 0 Å². The molecule has 5 nitrogen and oxygen atoms in total. The summed E-state index contributed by atoms with van der Waals surface area (Å²) in [5.74, 6) is 2.64. The Morgan fingerprint density at radius 3 is 2.40 bits per heavy atom. The lowest BCUT2D eigenvalue weighted by Crippen LogP contribution is -1.97. The minimum Gasteiger partial charge on any atom is -0.466 e. The first-order valence-corrected chi connectivity index (χ1v) is 4.73. The van der Waals surface area contributed by atoms with E-state index in [-0.39, 0.29) is 6.54 Å². The molecule has 0 fully saturated rings. The average Bonchev–Trinajstić information content (AvgIpc) is 2.74. The van der Waals surface area contributed by atoms with Crippen LogP contribution in [0.1, 0.15) is 22.9 Å². The summed E-state index contributed by atoms with van der Waals surface area (Å²) in [4.78, 5) is 4.17. The lowest BCUT2D eigenvalue weighted by atomic mass is 10.1. The van der Waals surface area contributed by atoms with Gasteiger partial charge in [-0.15, -0.1) is 0 Å². The fraction of sp³-hybridized carbons (Fsp3) is 0.400. The Morgan fingerprint density at radius 2 is 1.93 bits per heavy atom. The van der Waals surface area contributed by atoms with Gasteiger partial charge >= 0.3 is 0 Å². The molecular formula is C10H13N3O2. The van der Waals surface area contributed by atoms with Crippen LogP contribution in [0.15, 0.2) is 8.94 Å². The van der Waals surface area contributed by atoms with Gasteiger partial charge in [-0.1, -0.05) is 5.16 Å². The van der Waals surface area contributed by atoms with Crippen molar-refractivity contribution in [2.75, 3.05) is 0 Å². The lowest BCUT2D eigenvalue weighted by Gasteiger charge is -1.91. The van der Waals surface area contributed by atoms with Crippen LogP contribution in [0.25, 0.3) is 11.5 Å². The molecule has 2 aromatic heterocycles. The van der Waals surface area contributed by atoms with E-state index in [0.29, 0.717) is 11.7 Å². The van der Waals surface area contributed by atoms with E-state index in [1.807, 2.05) is 20.8 Å². The fourth-order valence-electron chi connectivity index (χ4n) is 1.55. The molecule has 0 aliphatic carbocycles. The monoisotopic (exact) mass is 207 g/mol. The molecule has 0 spiro atoms. The zero-order chi connectivity index (χ0) is 11.0. The minimum atomic E-state index is 0.276. The van der Waals surface area contributed by atoms with Gasteiger partial charge in [0, 0.05) is 5.56 Å². The molecule has 0 radical (unpaired) electrons. The molecular weight excluding hydrogens is 194 g/mol. The molecule has 80 valence electrons. The van der Waals surface area contributed by atoms with Crippen LogP contribution in [0.3, 0.4) is 0 Å². The van der Waals surface area contributed by atoms with Gasteiger partial charge in [-0.2, -0.15) is 4.98 Å². The SMILES string of the molecule is Cc1oc(C)c(-c2nc(CN)no2)c1C. The maximum Gasteiger partial charge on any atom is 0.261 e. The van der Waals surface area contributed by atoms with Gasteiger partial charge in [-0.25, -0.2) is 0 Å². The van der Waals surface area contributed by atoms with Crippen LogP contribution >= 0.6 is 0 Å². The van der Waals surface area contributed by atoms with Gasteiger partial charge in [0.05, 0.1) is 12.1 Å². The highest BCUT2D eigenvalue weighted by Gasteiger charge is 2.18. The van der Waals surface area contributed by atoms with Crippen molar-refractivity contribution in [2.24, 2.45) is 5.73 Å². The highest BCUT2D eigenvalue weighted by atomic mass is 16.5. The van der Waals surface area contributed by atoms with Crippen LogP contribution in [-0.4, -0.2) is 10.1 Å². The average molecular weight is 207 g/mol. The van der Waals surface area contributed by atoms with Gasteiger partial charge in [0.25, 0.3) is 5.89 Å². The summed E-state index contributed by atoms with van der Waals surface area (Å²) in [5, 5.41) is 3.75. The number of rotatable bonds is 2. The van der Waals surface area contributed by atoms with E-state index in [1.165, 1.54) is 0 Å². The number of aryl methyl sites for hydroxylation is 2. The van der Waals surface area contributed by atoms with Crippen molar-refractivity contribution in [2.45, 2.75) is 27.3 Å². The number of nitrogens with zero attached hydrogens (tertiary/aromatic N) is 2. The van der Waals surface area contributed by atoms with E-state index in [4.69, 9.17) is 14.7 Å². The highest BCUT2D eigenvalue weighted by Crippen LogP contribution is 2.29. The van der Waals surface area contributed by atoms with Crippen molar-refractivity contribution < 1.29 is 8.94 Å². The number of hydrogen-bond donors (Lipinski definition) is 1. The van der Waals surface area contributed by atoms with E-state index in [2.05, 4.69) is 10.1 Å². The first-order valence-electron chi connectivity index (χ1n) is 4.73. The molecule has 0 atom stereocenters. The maximum absolute atomic E-state index is 5.48. The summed E-state index contributed by atoms with van der Waals surface area (Å²) in [7, 11) is 0. The highest BCUT2D eigenvalue weighted by molar-refractivity contribution is 5.61. The molecule has 0 amide bonds.